The van der Waals surface area contributed by atoms with Gasteiger partial charge in [-0.15, -0.1) is 11.8 Å². The molecule has 0 radical (unpaired) electrons. The lowest BCUT2D eigenvalue weighted by molar-refractivity contribution is 0.411. The Morgan fingerprint density at radius 1 is 1.23 bits per heavy atom. The van der Waals surface area contributed by atoms with Gasteiger partial charge in [0, 0.05) is 4.90 Å². The van der Waals surface area contributed by atoms with Gasteiger partial charge in [-0.3, -0.25) is 0 Å². The summed E-state index contributed by atoms with van der Waals surface area (Å²) in [5.74, 6) is 2.10. The van der Waals surface area contributed by atoms with E-state index >= 15 is 0 Å². The van der Waals surface area contributed by atoms with Crippen LogP contribution in [0, 0.1) is 13.8 Å². The lowest BCUT2D eigenvalue weighted by Gasteiger charge is -2.09. The van der Waals surface area contributed by atoms with Crippen molar-refractivity contribution in [2.24, 2.45) is 0 Å². The van der Waals surface area contributed by atoms with Crippen LogP contribution in [-0.4, -0.2) is 12.9 Å². The molecule has 13 heavy (non-hydrogen) atoms. The molecule has 0 bridgehead atoms. The Hall–Kier alpha value is -0.630. The molecule has 1 nitrogen and oxygen atoms in total. The molecule has 0 spiro atoms. The molecule has 0 saturated heterocycles. The molecule has 0 aliphatic rings. The fourth-order valence-corrected chi connectivity index (χ4v) is 2.15. The standard InChI is InChI=1S/C11H16OS/c1-5-13-11-7-8(2)10(12-4)6-9(11)3/h6-7H,5H2,1-4H3. The molecule has 1 aromatic rings. The topological polar surface area (TPSA) is 9.23 Å². The van der Waals surface area contributed by atoms with Gasteiger partial charge in [0.25, 0.3) is 0 Å². The first kappa shape index (κ1) is 10.5. The van der Waals surface area contributed by atoms with Crippen LogP contribution in [0.15, 0.2) is 17.0 Å². The zero-order chi connectivity index (χ0) is 9.84. The van der Waals surface area contributed by atoms with Gasteiger partial charge in [0.15, 0.2) is 0 Å². The highest BCUT2D eigenvalue weighted by Crippen LogP contribution is 2.28. The first-order valence-electron chi connectivity index (χ1n) is 4.47. The van der Waals surface area contributed by atoms with Crippen LogP contribution in [0.5, 0.6) is 5.75 Å². The first-order valence-corrected chi connectivity index (χ1v) is 5.45. The van der Waals surface area contributed by atoms with E-state index in [9.17, 15) is 0 Å². The fourth-order valence-electron chi connectivity index (χ4n) is 1.29. The van der Waals surface area contributed by atoms with E-state index in [-0.39, 0.29) is 0 Å². The van der Waals surface area contributed by atoms with Crippen LogP contribution >= 0.6 is 11.8 Å². The van der Waals surface area contributed by atoms with E-state index in [1.807, 2.05) is 11.8 Å². The third-order valence-electron chi connectivity index (χ3n) is 1.99. The highest BCUT2D eigenvalue weighted by atomic mass is 32.2. The van der Waals surface area contributed by atoms with Crippen molar-refractivity contribution in [1.29, 1.82) is 0 Å². The number of ether oxygens (including phenoxy) is 1. The number of rotatable bonds is 3. The SMILES string of the molecule is CCSc1cc(C)c(OC)cc1C. The predicted octanol–water partition coefficient (Wildman–Crippen LogP) is 3.42. The van der Waals surface area contributed by atoms with E-state index in [2.05, 4.69) is 32.9 Å². The molecule has 0 saturated carbocycles. The average molecular weight is 196 g/mol. The smallest absolute Gasteiger partial charge is 0.122 e. The van der Waals surface area contributed by atoms with Crippen molar-refractivity contribution < 1.29 is 4.74 Å². The van der Waals surface area contributed by atoms with Crippen LogP contribution in [0.25, 0.3) is 0 Å². The second-order valence-corrected chi connectivity index (χ2v) is 4.33. The van der Waals surface area contributed by atoms with Gasteiger partial charge in [0.05, 0.1) is 7.11 Å². The maximum atomic E-state index is 5.25. The van der Waals surface area contributed by atoms with E-state index in [4.69, 9.17) is 4.74 Å². The van der Waals surface area contributed by atoms with Gasteiger partial charge in [0.2, 0.25) is 0 Å². The van der Waals surface area contributed by atoms with Crippen molar-refractivity contribution in [3.63, 3.8) is 0 Å². The molecule has 0 N–H and O–H groups in total. The van der Waals surface area contributed by atoms with Crippen molar-refractivity contribution in [2.75, 3.05) is 12.9 Å². The largest absolute Gasteiger partial charge is 0.496 e. The summed E-state index contributed by atoms with van der Waals surface area (Å²) in [7, 11) is 1.72. The van der Waals surface area contributed by atoms with Crippen molar-refractivity contribution in [1.82, 2.24) is 0 Å². The van der Waals surface area contributed by atoms with Gasteiger partial charge in [0.1, 0.15) is 5.75 Å². The molecule has 2 heteroatoms. The normalized spacial score (nSPS) is 10.2. The second kappa shape index (κ2) is 4.56. The minimum absolute atomic E-state index is 0.984. The second-order valence-electron chi connectivity index (χ2n) is 3.02. The zero-order valence-corrected chi connectivity index (χ0v) is 9.49. The molecular weight excluding hydrogens is 180 g/mol. The third kappa shape index (κ3) is 2.41. The molecule has 0 aliphatic carbocycles. The third-order valence-corrected chi connectivity index (χ3v) is 3.03. The molecule has 0 unspecified atom stereocenters. The summed E-state index contributed by atoms with van der Waals surface area (Å²) in [6.45, 7) is 6.38. The maximum absolute atomic E-state index is 5.25. The molecule has 1 rings (SSSR count). The number of thioether (sulfide) groups is 1. The predicted molar refractivity (Wildman–Crippen MR) is 58.9 cm³/mol. The summed E-state index contributed by atoms with van der Waals surface area (Å²) in [5, 5.41) is 0. The Balaban J connectivity index is 3.05. The summed E-state index contributed by atoms with van der Waals surface area (Å²) < 4.78 is 5.25. The van der Waals surface area contributed by atoms with Gasteiger partial charge >= 0.3 is 0 Å². The minimum atomic E-state index is 0.984. The summed E-state index contributed by atoms with van der Waals surface area (Å²) in [6, 6.07) is 4.30. The monoisotopic (exact) mass is 196 g/mol. The summed E-state index contributed by atoms with van der Waals surface area (Å²) in [5.41, 5.74) is 2.51. The molecule has 0 amide bonds. The minimum Gasteiger partial charge on any atom is -0.496 e. The lowest BCUT2D eigenvalue weighted by atomic mass is 10.1. The molecule has 0 aliphatic heterocycles. The first-order chi connectivity index (χ1) is 6.19. The summed E-state index contributed by atoms with van der Waals surface area (Å²) >= 11 is 1.88. The van der Waals surface area contributed by atoms with Crippen LogP contribution in [-0.2, 0) is 0 Å². The van der Waals surface area contributed by atoms with Crippen LogP contribution in [0.2, 0.25) is 0 Å². The van der Waals surface area contributed by atoms with Gasteiger partial charge in [-0.05, 0) is 42.9 Å². The van der Waals surface area contributed by atoms with E-state index < -0.39 is 0 Å². The van der Waals surface area contributed by atoms with Gasteiger partial charge < -0.3 is 4.74 Å². The van der Waals surface area contributed by atoms with Crippen LogP contribution in [0.1, 0.15) is 18.1 Å². The molecule has 1 aromatic carbocycles. The van der Waals surface area contributed by atoms with E-state index in [1.165, 1.54) is 16.0 Å². The van der Waals surface area contributed by atoms with Crippen LogP contribution < -0.4 is 4.74 Å². The van der Waals surface area contributed by atoms with E-state index in [0.29, 0.717) is 0 Å². The van der Waals surface area contributed by atoms with Crippen LogP contribution in [0.4, 0.5) is 0 Å². The summed E-state index contributed by atoms with van der Waals surface area (Å²) in [6.07, 6.45) is 0. The highest BCUT2D eigenvalue weighted by Gasteiger charge is 2.03. The van der Waals surface area contributed by atoms with Crippen molar-refractivity contribution >= 4 is 11.8 Å². The number of methoxy groups -OCH3 is 1. The fraction of sp³-hybridized carbons (Fsp3) is 0.455. The number of hydrogen-bond acceptors (Lipinski definition) is 2. The van der Waals surface area contributed by atoms with Crippen LogP contribution in [0.3, 0.4) is 0 Å². The van der Waals surface area contributed by atoms with Crippen molar-refractivity contribution in [3.8, 4) is 5.75 Å². The Bertz CT molecular complexity index is 294. The quantitative estimate of drug-likeness (QED) is 0.685. The summed E-state index contributed by atoms with van der Waals surface area (Å²) in [4.78, 5) is 1.36. The molecule has 0 fully saturated rings. The number of aryl methyl sites for hydroxylation is 2. The Morgan fingerprint density at radius 3 is 2.46 bits per heavy atom. The molecule has 0 atom stereocenters. The lowest BCUT2D eigenvalue weighted by Crippen LogP contribution is -1.90. The molecule has 72 valence electrons. The average Bonchev–Trinajstić information content (AvgIpc) is 2.11. The number of benzene rings is 1. The van der Waals surface area contributed by atoms with E-state index in [0.717, 1.165) is 11.5 Å². The van der Waals surface area contributed by atoms with Crippen molar-refractivity contribution in [3.05, 3.63) is 23.3 Å². The van der Waals surface area contributed by atoms with Gasteiger partial charge in [-0.1, -0.05) is 6.92 Å². The van der Waals surface area contributed by atoms with Crippen molar-refractivity contribution in [2.45, 2.75) is 25.7 Å². The molecule has 0 aromatic heterocycles. The molecule has 0 heterocycles. The molecular formula is C11H16OS. The Labute approximate surface area is 84.5 Å². The Kier molecular flexibility index (Phi) is 3.67. The zero-order valence-electron chi connectivity index (χ0n) is 8.68. The highest BCUT2D eigenvalue weighted by molar-refractivity contribution is 7.99. The van der Waals surface area contributed by atoms with Gasteiger partial charge in [-0.2, -0.15) is 0 Å². The maximum Gasteiger partial charge on any atom is 0.122 e. The van der Waals surface area contributed by atoms with E-state index in [1.54, 1.807) is 7.11 Å². The Morgan fingerprint density at radius 2 is 1.92 bits per heavy atom. The number of hydrogen-bond donors (Lipinski definition) is 0. The van der Waals surface area contributed by atoms with Gasteiger partial charge in [-0.25, -0.2) is 0 Å².